The molecule has 0 saturated heterocycles. The molecule has 1 saturated carbocycles. The van der Waals surface area contributed by atoms with Crippen molar-refractivity contribution in [2.75, 3.05) is 11.9 Å². The molecule has 0 atom stereocenters. The van der Waals surface area contributed by atoms with Gasteiger partial charge in [0.1, 0.15) is 0 Å². The second-order valence-electron chi connectivity index (χ2n) is 5.71. The minimum atomic E-state index is 0.682. The number of benzene rings is 1. The molecule has 1 aliphatic carbocycles. The summed E-state index contributed by atoms with van der Waals surface area (Å²) in [5.41, 5.74) is 2.68. The molecule has 1 aliphatic rings. The van der Waals surface area contributed by atoms with Crippen LogP contribution in [0.2, 0.25) is 0 Å². The van der Waals surface area contributed by atoms with Gasteiger partial charge in [-0.2, -0.15) is 0 Å². The maximum atomic E-state index is 3.72. The highest BCUT2D eigenvalue weighted by atomic mass is 14.9. The summed E-state index contributed by atoms with van der Waals surface area (Å²) in [6.45, 7) is 4.28. The lowest BCUT2D eigenvalue weighted by atomic mass is 10.1. The van der Waals surface area contributed by atoms with E-state index in [4.69, 9.17) is 0 Å². The van der Waals surface area contributed by atoms with Crippen LogP contribution in [0.4, 0.5) is 5.69 Å². The van der Waals surface area contributed by atoms with Gasteiger partial charge in [0.2, 0.25) is 0 Å². The molecule has 0 amide bonds. The molecule has 0 spiro atoms. The van der Waals surface area contributed by atoms with Gasteiger partial charge in [-0.25, -0.2) is 0 Å². The molecule has 2 N–H and O–H groups in total. The van der Waals surface area contributed by atoms with Crippen molar-refractivity contribution < 1.29 is 0 Å². The van der Waals surface area contributed by atoms with Gasteiger partial charge in [0.05, 0.1) is 0 Å². The third-order valence-electron chi connectivity index (χ3n) is 3.91. The van der Waals surface area contributed by atoms with Crippen LogP contribution >= 0.6 is 0 Å². The Balaban J connectivity index is 1.86. The van der Waals surface area contributed by atoms with Crippen molar-refractivity contribution in [3.05, 3.63) is 29.8 Å². The Bertz CT molecular complexity index is 354. The molecule has 1 aromatic rings. The zero-order valence-corrected chi connectivity index (χ0v) is 12.3. The van der Waals surface area contributed by atoms with Crippen LogP contribution in [-0.4, -0.2) is 12.6 Å². The number of rotatable bonds is 6. The molecule has 0 bridgehead atoms. The zero-order valence-electron chi connectivity index (χ0n) is 12.3. The molecule has 0 radical (unpaired) electrons. The number of anilines is 1. The second kappa shape index (κ2) is 8.21. The smallest absolute Gasteiger partial charge is 0.0345 e. The molecule has 2 heteroatoms. The van der Waals surface area contributed by atoms with E-state index in [-0.39, 0.29) is 0 Å². The quantitative estimate of drug-likeness (QED) is 0.588. The number of hydrogen-bond acceptors (Lipinski definition) is 2. The van der Waals surface area contributed by atoms with E-state index in [1.165, 1.54) is 56.2 Å². The predicted octanol–water partition coefficient (Wildman–Crippen LogP) is 4.32. The van der Waals surface area contributed by atoms with E-state index in [1.807, 2.05) is 0 Å². The Labute approximate surface area is 118 Å². The van der Waals surface area contributed by atoms with E-state index in [1.54, 1.807) is 0 Å². The van der Waals surface area contributed by atoms with Crippen LogP contribution in [0, 0.1) is 0 Å². The summed E-state index contributed by atoms with van der Waals surface area (Å²) >= 11 is 0. The normalized spacial score (nSPS) is 17.1. The van der Waals surface area contributed by atoms with Crippen LogP contribution in [0.15, 0.2) is 24.3 Å². The Kier molecular flexibility index (Phi) is 6.22. The van der Waals surface area contributed by atoms with E-state index < -0.39 is 0 Å². The lowest BCUT2D eigenvalue weighted by Crippen LogP contribution is -2.18. The summed E-state index contributed by atoms with van der Waals surface area (Å²) in [6, 6.07) is 9.56. The van der Waals surface area contributed by atoms with Crippen LogP contribution in [0.5, 0.6) is 0 Å². The predicted molar refractivity (Wildman–Crippen MR) is 83.6 cm³/mol. The lowest BCUT2D eigenvalue weighted by Gasteiger charge is -2.18. The lowest BCUT2D eigenvalue weighted by molar-refractivity contribution is 0.619. The molecule has 1 aromatic carbocycles. The summed E-state index contributed by atoms with van der Waals surface area (Å²) in [7, 11) is 0. The Morgan fingerprint density at radius 1 is 1.11 bits per heavy atom. The minimum Gasteiger partial charge on any atom is -0.382 e. The monoisotopic (exact) mass is 260 g/mol. The third-order valence-corrected chi connectivity index (χ3v) is 3.91. The van der Waals surface area contributed by atoms with Gasteiger partial charge < -0.3 is 10.6 Å². The summed E-state index contributed by atoms with van der Waals surface area (Å²) < 4.78 is 0. The molecule has 19 heavy (non-hydrogen) atoms. The van der Waals surface area contributed by atoms with Gasteiger partial charge >= 0.3 is 0 Å². The number of nitrogens with one attached hydrogen (secondary N) is 2. The summed E-state index contributed by atoms with van der Waals surface area (Å²) in [4.78, 5) is 0. The third kappa shape index (κ3) is 5.23. The van der Waals surface area contributed by atoms with E-state index in [0.717, 1.165) is 13.1 Å². The van der Waals surface area contributed by atoms with Gasteiger partial charge in [0, 0.05) is 18.3 Å². The Morgan fingerprint density at radius 2 is 1.89 bits per heavy atom. The maximum Gasteiger partial charge on any atom is 0.0345 e. The van der Waals surface area contributed by atoms with Crippen LogP contribution in [-0.2, 0) is 6.54 Å². The highest BCUT2D eigenvalue weighted by molar-refractivity contribution is 5.46. The zero-order chi connectivity index (χ0) is 13.3. The van der Waals surface area contributed by atoms with Gasteiger partial charge in [-0.3, -0.25) is 0 Å². The molecule has 0 heterocycles. The van der Waals surface area contributed by atoms with E-state index in [2.05, 4.69) is 41.8 Å². The average molecular weight is 260 g/mol. The molecule has 2 nitrogen and oxygen atoms in total. The highest BCUT2D eigenvalue weighted by Crippen LogP contribution is 2.21. The van der Waals surface area contributed by atoms with Gasteiger partial charge in [0.15, 0.2) is 0 Å². The first-order valence-electron chi connectivity index (χ1n) is 7.94. The average Bonchev–Trinajstić information content (AvgIpc) is 2.68. The molecule has 0 aliphatic heterocycles. The van der Waals surface area contributed by atoms with Crippen molar-refractivity contribution in [2.24, 2.45) is 0 Å². The maximum absolute atomic E-state index is 3.72. The van der Waals surface area contributed by atoms with Gasteiger partial charge in [-0.15, -0.1) is 0 Å². The number of hydrogen-bond donors (Lipinski definition) is 2. The summed E-state index contributed by atoms with van der Waals surface area (Å²) in [6.07, 6.45) is 9.46. The fourth-order valence-corrected chi connectivity index (χ4v) is 2.84. The topological polar surface area (TPSA) is 24.1 Å². The molecule has 106 valence electrons. The molecule has 1 fully saturated rings. The van der Waals surface area contributed by atoms with Crippen molar-refractivity contribution >= 4 is 5.69 Å². The first kappa shape index (κ1) is 14.4. The van der Waals surface area contributed by atoms with Gasteiger partial charge in [0.25, 0.3) is 0 Å². The second-order valence-corrected chi connectivity index (χ2v) is 5.71. The van der Waals surface area contributed by atoms with Crippen molar-refractivity contribution in [2.45, 2.75) is 64.5 Å². The Hall–Kier alpha value is -1.02. The van der Waals surface area contributed by atoms with Crippen LogP contribution in [0.1, 0.15) is 57.4 Å². The van der Waals surface area contributed by atoms with E-state index in [9.17, 15) is 0 Å². The fourth-order valence-electron chi connectivity index (χ4n) is 2.84. The minimum absolute atomic E-state index is 0.682. The van der Waals surface area contributed by atoms with Crippen LogP contribution in [0.3, 0.4) is 0 Å². The SMILES string of the molecule is CCCNCc1cccc(NC2CCCCCC2)c1. The summed E-state index contributed by atoms with van der Waals surface area (Å²) in [5, 5.41) is 7.19. The molecule has 2 rings (SSSR count). The molecular weight excluding hydrogens is 232 g/mol. The molecular formula is C17H28N2. The Morgan fingerprint density at radius 3 is 2.63 bits per heavy atom. The van der Waals surface area contributed by atoms with Crippen molar-refractivity contribution in [1.82, 2.24) is 5.32 Å². The van der Waals surface area contributed by atoms with Crippen LogP contribution < -0.4 is 10.6 Å². The molecule has 0 unspecified atom stereocenters. The summed E-state index contributed by atoms with van der Waals surface area (Å²) in [5.74, 6) is 0. The fraction of sp³-hybridized carbons (Fsp3) is 0.647. The van der Waals surface area contributed by atoms with E-state index >= 15 is 0 Å². The standard InChI is InChI=1S/C17H28N2/c1-2-12-18-14-15-8-7-11-17(13-15)19-16-9-5-3-4-6-10-16/h7-8,11,13,16,18-19H,2-6,9-10,12,14H2,1H3. The van der Waals surface area contributed by atoms with Crippen molar-refractivity contribution in [3.63, 3.8) is 0 Å². The van der Waals surface area contributed by atoms with Crippen LogP contribution in [0.25, 0.3) is 0 Å². The van der Waals surface area contributed by atoms with Crippen molar-refractivity contribution in [3.8, 4) is 0 Å². The van der Waals surface area contributed by atoms with Gasteiger partial charge in [-0.1, -0.05) is 44.7 Å². The highest BCUT2D eigenvalue weighted by Gasteiger charge is 2.11. The largest absolute Gasteiger partial charge is 0.382 e. The first-order valence-corrected chi connectivity index (χ1v) is 7.94. The molecule has 0 aromatic heterocycles. The van der Waals surface area contributed by atoms with Crippen molar-refractivity contribution in [1.29, 1.82) is 0 Å². The first-order chi connectivity index (χ1) is 9.38. The van der Waals surface area contributed by atoms with Gasteiger partial charge in [-0.05, 0) is 43.5 Å². The van der Waals surface area contributed by atoms with E-state index in [0.29, 0.717) is 6.04 Å².